The van der Waals surface area contributed by atoms with Crippen molar-refractivity contribution in [3.8, 4) is 0 Å². The minimum atomic E-state index is -0.581. The summed E-state index contributed by atoms with van der Waals surface area (Å²) in [7, 11) is 0. The van der Waals surface area contributed by atoms with Crippen molar-refractivity contribution in [1.82, 2.24) is 10.2 Å². The maximum absolute atomic E-state index is 12.2. The molecule has 1 N–H and O–H groups in total. The molecule has 2 saturated heterocycles. The lowest BCUT2D eigenvalue weighted by atomic mass is 9.99. The molecule has 94 valence electrons. The van der Waals surface area contributed by atoms with Gasteiger partial charge in [-0.25, -0.2) is 0 Å². The molecule has 6 heteroatoms. The first kappa shape index (κ1) is 12.0. The Morgan fingerprint density at radius 2 is 2.24 bits per heavy atom. The Balaban J connectivity index is 2.06. The molecule has 0 saturated carbocycles. The summed E-state index contributed by atoms with van der Waals surface area (Å²) in [4.78, 5) is 36.2. The number of rotatable bonds is 1. The number of imide groups is 1. The number of nitrogens with one attached hydrogen (secondary N) is 1. The second-order valence-electron chi connectivity index (χ2n) is 4.47. The van der Waals surface area contributed by atoms with Gasteiger partial charge in [0.2, 0.25) is 17.7 Å². The van der Waals surface area contributed by atoms with Crippen molar-refractivity contribution in [2.45, 2.75) is 25.8 Å². The van der Waals surface area contributed by atoms with Gasteiger partial charge in [0.25, 0.3) is 0 Å². The van der Waals surface area contributed by atoms with Crippen molar-refractivity contribution in [3.63, 3.8) is 0 Å². The minimum Gasteiger partial charge on any atom is -0.381 e. The van der Waals surface area contributed by atoms with Crippen LogP contribution in [0.4, 0.5) is 0 Å². The van der Waals surface area contributed by atoms with Crippen LogP contribution in [0.2, 0.25) is 0 Å². The zero-order valence-corrected chi connectivity index (χ0v) is 9.77. The highest BCUT2D eigenvalue weighted by atomic mass is 16.5. The van der Waals surface area contributed by atoms with Crippen LogP contribution in [0, 0.1) is 5.92 Å². The summed E-state index contributed by atoms with van der Waals surface area (Å²) in [5, 5.41) is 2.21. The molecule has 2 heterocycles. The summed E-state index contributed by atoms with van der Waals surface area (Å²) in [5.74, 6) is -1.20. The number of carbonyl (C=O) groups excluding carboxylic acids is 3. The summed E-state index contributed by atoms with van der Waals surface area (Å²) in [6.07, 6.45) is 1.61. The molecule has 2 aliphatic heterocycles. The van der Waals surface area contributed by atoms with Crippen molar-refractivity contribution >= 4 is 17.7 Å². The van der Waals surface area contributed by atoms with Gasteiger partial charge < -0.3 is 9.64 Å². The largest absolute Gasteiger partial charge is 0.381 e. The van der Waals surface area contributed by atoms with E-state index in [1.165, 1.54) is 4.90 Å². The molecule has 0 aliphatic carbocycles. The summed E-state index contributed by atoms with van der Waals surface area (Å²) >= 11 is 0. The van der Waals surface area contributed by atoms with Crippen LogP contribution >= 0.6 is 0 Å². The maximum atomic E-state index is 12.2. The van der Waals surface area contributed by atoms with Gasteiger partial charge in [0, 0.05) is 6.61 Å². The average molecular weight is 240 g/mol. The second-order valence-corrected chi connectivity index (χ2v) is 4.47. The van der Waals surface area contributed by atoms with Crippen LogP contribution in [-0.4, -0.2) is 48.4 Å². The first-order chi connectivity index (χ1) is 8.09. The molecule has 2 unspecified atom stereocenters. The normalized spacial score (nSPS) is 30.1. The van der Waals surface area contributed by atoms with Gasteiger partial charge in [0.1, 0.15) is 12.6 Å². The molecular formula is C11H16N2O4. The standard InChI is InChI=1S/C11H16N2O4/c1-7-10(15)12-9(14)5-13(7)11(16)8-3-2-4-17-6-8/h7-8H,2-6H2,1H3,(H,12,14,15). The summed E-state index contributed by atoms with van der Waals surface area (Å²) in [6.45, 7) is 2.65. The Morgan fingerprint density at radius 3 is 2.88 bits per heavy atom. The maximum Gasteiger partial charge on any atom is 0.249 e. The number of nitrogens with zero attached hydrogens (tertiary/aromatic N) is 1. The highest BCUT2D eigenvalue weighted by molar-refractivity contribution is 6.04. The fourth-order valence-corrected chi connectivity index (χ4v) is 2.15. The molecular weight excluding hydrogens is 224 g/mol. The van der Waals surface area contributed by atoms with E-state index in [4.69, 9.17) is 4.74 Å². The van der Waals surface area contributed by atoms with Crippen LogP contribution < -0.4 is 5.32 Å². The topological polar surface area (TPSA) is 75.7 Å². The van der Waals surface area contributed by atoms with Crippen LogP contribution in [0.25, 0.3) is 0 Å². The Kier molecular flexibility index (Phi) is 3.42. The quantitative estimate of drug-likeness (QED) is 0.614. The molecule has 0 spiro atoms. The molecule has 0 bridgehead atoms. The third kappa shape index (κ3) is 2.46. The molecule has 2 rings (SSSR count). The van der Waals surface area contributed by atoms with Crippen molar-refractivity contribution < 1.29 is 19.1 Å². The number of ether oxygens (including phenoxy) is 1. The lowest BCUT2D eigenvalue weighted by Gasteiger charge is -2.35. The SMILES string of the molecule is CC1C(=O)NC(=O)CN1C(=O)C1CCCOC1. The number of hydrogen-bond acceptors (Lipinski definition) is 4. The highest BCUT2D eigenvalue weighted by Gasteiger charge is 2.37. The van der Waals surface area contributed by atoms with Crippen molar-refractivity contribution in [1.29, 1.82) is 0 Å². The third-order valence-electron chi connectivity index (χ3n) is 3.22. The Hall–Kier alpha value is -1.43. The Labute approximate surface area is 99.3 Å². The summed E-state index contributed by atoms with van der Waals surface area (Å²) in [6, 6.07) is -0.581. The lowest BCUT2D eigenvalue weighted by Crippen LogP contribution is -2.60. The molecule has 17 heavy (non-hydrogen) atoms. The number of amides is 3. The Bertz CT molecular complexity index is 349. The van der Waals surface area contributed by atoms with Crippen LogP contribution in [0.5, 0.6) is 0 Å². The van der Waals surface area contributed by atoms with Gasteiger partial charge in [-0.05, 0) is 19.8 Å². The van der Waals surface area contributed by atoms with Crippen LogP contribution in [-0.2, 0) is 19.1 Å². The van der Waals surface area contributed by atoms with E-state index in [2.05, 4.69) is 5.32 Å². The fraction of sp³-hybridized carbons (Fsp3) is 0.727. The van der Waals surface area contributed by atoms with Crippen LogP contribution in [0.1, 0.15) is 19.8 Å². The zero-order chi connectivity index (χ0) is 12.4. The molecule has 3 amide bonds. The smallest absolute Gasteiger partial charge is 0.249 e. The molecule has 2 fully saturated rings. The van der Waals surface area contributed by atoms with Crippen molar-refractivity contribution in [2.24, 2.45) is 5.92 Å². The first-order valence-electron chi connectivity index (χ1n) is 5.81. The Morgan fingerprint density at radius 1 is 1.47 bits per heavy atom. The summed E-state index contributed by atoms with van der Waals surface area (Å²) in [5.41, 5.74) is 0. The fourth-order valence-electron chi connectivity index (χ4n) is 2.15. The average Bonchev–Trinajstić information content (AvgIpc) is 2.34. The van der Waals surface area contributed by atoms with Gasteiger partial charge in [-0.2, -0.15) is 0 Å². The van der Waals surface area contributed by atoms with E-state index in [0.29, 0.717) is 13.2 Å². The van der Waals surface area contributed by atoms with Gasteiger partial charge in [-0.3, -0.25) is 19.7 Å². The zero-order valence-electron chi connectivity index (χ0n) is 9.77. The van der Waals surface area contributed by atoms with Gasteiger partial charge in [0.15, 0.2) is 0 Å². The summed E-state index contributed by atoms with van der Waals surface area (Å²) < 4.78 is 5.25. The molecule has 0 radical (unpaired) electrons. The molecule has 0 aromatic heterocycles. The monoisotopic (exact) mass is 240 g/mol. The number of hydrogen-bond donors (Lipinski definition) is 1. The van der Waals surface area contributed by atoms with E-state index in [1.807, 2.05) is 0 Å². The first-order valence-corrected chi connectivity index (χ1v) is 5.81. The van der Waals surface area contributed by atoms with E-state index >= 15 is 0 Å². The van der Waals surface area contributed by atoms with Gasteiger partial charge >= 0.3 is 0 Å². The van der Waals surface area contributed by atoms with E-state index < -0.39 is 17.9 Å². The molecule has 0 aromatic carbocycles. The number of piperazine rings is 1. The third-order valence-corrected chi connectivity index (χ3v) is 3.22. The van der Waals surface area contributed by atoms with E-state index in [9.17, 15) is 14.4 Å². The molecule has 2 atom stereocenters. The molecule has 0 aromatic rings. The van der Waals surface area contributed by atoms with Gasteiger partial charge in [-0.15, -0.1) is 0 Å². The molecule has 6 nitrogen and oxygen atoms in total. The molecule has 2 aliphatic rings. The van der Waals surface area contributed by atoms with Crippen molar-refractivity contribution in [3.05, 3.63) is 0 Å². The van der Waals surface area contributed by atoms with Gasteiger partial charge in [0.05, 0.1) is 12.5 Å². The predicted octanol–water partition coefficient (Wildman–Crippen LogP) is -0.713. The van der Waals surface area contributed by atoms with Crippen LogP contribution in [0.15, 0.2) is 0 Å². The van der Waals surface area contributed by atoms with Gasteiger partial charge in [-0.1, -0.05) is 0 Å². The predicted molar refractivity (Wildman–Crippen MR) is 57.9 cm³/mol. The lowest BCUT2D eigenvalue weighted by molar-refractivity contribution is -0.153. The second kappa shape index (κ2) is 4.83. The minimum absolute atomic E-state index is 0.0394. The highest BCUT2D eigenvalue weighted by Crippen LogP contribution is 2.18. The van der Waals surface area contributed by atoms with E-state index in [0.717, 1.165) is 12.8 Å². The van der Waals surface area contributed by atoms with Crippen molar-refractivity contribution in [2.75, 3.05) is 19.8 Å². The van der Waals surface area contributed by atoms with E-state index in [1.54, 1.807) is 6.92 Å². The van der Waals surface area contributed by atoms with Crippen LogP contribution in [0.3, 0.4) is 0 Å². The number of carbonyl (C=O) groups is 3. The van der Waals surface area contributed by atoms with E-state index in [-0.39, 0.29) is 18.4 Å².